The van der Waals surface area contributed by atoms with Crippen molar-refractivity contribution >= 4 is 11.7 Å². The first-order chi connectivity index (χ1) is 7.52. The van der Waals surface area contributed by atoms with Gasteiger partial charge in [-0.1, -0.05) is 0 Å². The van der Waals surface area contributed by atoms with Crippen molar-refractivity contribution in [3.05, 3.63) is 17.8 Å². The normalized spacial score (nSPS) is 18.8. The highest BCUT2D eigenvalue weighted by molar-refractivity contribution is 5.99. The molecule has 0 radical (unpaired) electrons. The molecule has 1 aromatic heterocycles. The van der Waals surface area contributed by atoms with Crippen LogP contribution in [0.4, 0.5) is 5.82 Å². The van der Waals surface area contributed by atoms with Crippen LogP contribution in [-0.4, -0.2) is 28.1 Å². The third-order valence-electron chi connectivity index (χ3n) is 3.15. The standard InChI is InChI=1S/C11H17N5/c1-11(2)5-3-7-16(11)10-8(9(12)13)4-6-14-15-10/h4,6H,3,5,7H2,1-2H3,(H3,12,13). The fourth-order valence-electron chi connectivity index (χ4n) is 2.23. The Morgan fingerprint density at radius 1 is 1.56 bits per heavy atom. The van der Waals surface area contributed by atoms with Gasteiger partial charge in [0.25, 0.3) is 0 Å². The molecule has 2 rings (SSSR count). The van der Waals surface area contributed by atoms with Crippen LogP contribution in [0.5, 0.6) is 0 Å². The van der Waals surface area contributed by atoms with Gasteiger partial charge in [0.05, 0.1) is 11.8 Å². The molecule has 0 saturated carbocycles. The minimum absolute atomic E-state index is 0.0487. The van der Waals surface area contributed by atoms with Crippen molar-refractivity contribution in [1.29, 1.82) is 5.41 Å². The van der Waals surface area contributed by atoms with E-state index in [1.807, 2.05) is 0 Å². The number of nitrogens with two attached hydrogens (primary N) is 1. The van der Waals surface area contributed by atoms with E-state index in [2.05, 4.69) is 28.9 Å². The Morgan fingerprint density at radius 2 is 2.31 bits per heavy atom. The number of nitrogens with one attached hydrogen (secondary N) is 1. The van der Waals surface area contributed by atoms with Gasteiger partial charge in [0.15, 0.2) is 5.82 Å². The van der Waals surface area contributed by atoms with Crippen molar-refractivity contribution in [1.82, 2.24) is 10.2 Å². The first-order valence-corrected chi connectivity index (χ1v) is 5.46. The molecular formula is C11H17N5. The van der Waals surface area contributed by atoms with E-state index < -0.39 is 0 Å². The van der Waals surface area contributed by atoms with E-state index >= 15 is 0 Å². The van der Waals surface area contributed by atoms with Crippen molar-refractivity contribution in [2.45, 2.75) is 32.2 Å². The zero-order valence-electron chi connectivity index (χ0n) is 9.70. The maximum atomic E-state index is 7.55. The van der Waals surface area contributed by atoms with Gasteiger partial charge in [0.1, 0.15) is 5.84 Å². The zero-order valence-corrected chi connectivity index (χ0v) is 9.70. The molecule has 3 N–H and O–H groups in total. The Morgan fingerprint density at radius 3 is 2.88 bits per heavy atom. The number of amidine groups is 1. The molecule has 16 heavy (non-hydrogen) atoms. The molecule has 1 aliphatic heterocycles. The van der Waals surface area contributed by atoms with E-state index in [0.717, 1.165) is 25.2 Å². The van der Waals surface area contributed by atoms with Crippen LogP contribution in [-0.2, 0) is 0 Å². The third kappa shape index (κ3) is 1.73. The smallest absolute Gasteiger partial charge is 0.162 e. The number of rotatable bonds is 2. The molecule has 0 aromatic carbocycles. The monoisotopic (exact) mass is 219 g/mol. The summed E-state index contributed by atoms with van der Waals surface area (Å²) < 4.78 is 0. The van der Waals surface area contributed by atoms with Crippen molar-refractivity contribution < 1.29 is 0 Å². The van der Waals surface area contributed by atoms with Gasteiger partial charge in [-0.15, -0.1) is 5.10 Å². The van der Waals surface area contributed by atoms with E-state index in [4.69, 9.17) is 11.1 Å². The molecule has 0 atom stereocenters. The van der Waals surface area contributed by atoms with Crippen LogP contribution >= 0.6 is 0 Å². The van der Waals surface area contributed by atoms with Crippen LogP contribution in [0.2, 0.25) is 0 Å². The predicted octanol–water partition coefficient (Wildman–Crippen LogP) is 1.14. The average molecular weight is 219 g/mol. The van der Waals surface area contributed by atoms with E-state index in [-0.39, 0.29) is 11.4 Å². The molecule has 0 spiro atoms. The largest absolute Gasteiger partial charge is 0.384 e. The lowest BCUT2D eigenvalue weighted by atomic mass is 10.0. The molecule has 5 nitrogen and oxygen atoms in total. The van der Waals surface area contributed by atoms with Crippen LogP contribution in [0.25, 0.3) is 0 Å². The fraction of sp³-hybridized carbons (Fsp3) is 0.545. The molecule has 0 amide bonds. The lowest BCUT2D eigenvalue weighted by Crippen LogP contribution is -2.40. The van der Waals surface area contributed by atoms with Gasteiger partial charge in [-0.3, -0.25) is 5.41 Å². The quantitative estimate of drug-likeness (QED) is 0.577. The summed E-state index contributed by atoms with van der Waals surface area (Å²) >= 11 is 0. The lowest BCUT2D eigenvalue weighted by molar-refractivity contribution is 0.512. The molecule has 2 heterocycles. The molecule has 1 aromatic rings. The number of hydrogen-bond donors (Lipinski definition) is 2. The Bertz CT molecular complexity index is 413. The van der Waals surface area contributed by atoms with Gasteiger partial charge in [0, 0.05) is 12.1 Å². The highest BCUT2D eigenvalue weighted by atomic mass is 15.3. The van der Waals surface area contributed by atoms with Gasteiger partial charge in [-0.05, 0) is 32.8 Å². The van der Waals surface area contributed by atoms with Gasteiger partial charge in [0.2, 0.25) is 0 Å². The first-order valence-electron chi connectivity index (χ1n) is 5.46. The van der Waals surface area contributed by atoms with Crippen LogP contribution in [0.1, 0.15) is 32.3 Å². The Kier molecular flexibility index (Phi) is 2.53. The number of hydrogen-bond acceptors (Lipinski definition) is 4. The molecule has 1 fully saturated rings. The molecule has 5 heteroatoms. The van der Waals surface area contributed by atoms with E-state index in [9.17, 15) is 0 Å². The lowest BCUT2D eigenvalue weighted by Gasteiger charge is -2.33. The average Bonchev–Trinajstić information content (AvgIpc) is 2.58. The molecular weight excluding hydrogens is 202 g/mol. The topological polar surface area (TPSA) is 78.9 Å². The van der Waals surface area contributed by atoms with Crippen LogP contribution in [0.3, 0.4) is 0 Å². The Labute approximate surface area is 95.2 Å². The highest BCUT2D eigenvalue weighted by Gasteiger charge is 2.34. The van der Waals surface area contributed by atoms with Crippen molar-refractivity contribution in [3.8, 4) is 0 Å². The summed E-state index contributed by atoms with van der Waals surface area (Å²) in [6.07, 6.45) is 3.84. The molecule has 0 aliphatic carbocycles. The number of aromatic nitrogens is 2. The zero-order chi connectivity index (χ0) is 11.8. The van der Waals surface area contributed by atoms with Gasteiger partial charge >= 0.3 is 0 Å². The second kappa shape index (κ2) is 3.73. The van der Waals surface area contributed by atoms with Gasteiger partial charge in [-0.25, -0.2) is 0 Å². The number of nitrogen functional groups attached to an aromatic ring is 1. The first kappa shape index (κ1) is 10.9. The molecule has 1 aliphatic rings. The van der Waals surface area contributed by atoms with E-state index in [1.165, 1.54) is 0 Å². The Hall–Kier alpha value is -1.65. The Balaban J connectivity index is 2.44. The molecule has 1 saturated heterocycles. The van der Waals surface area contributed by atoms with Crippen molar-refractivity contribution in [2.75, 3.05) is 11.4 Å². The second-order valence-electron chi connectivity index (χ2n) is 4.75. The summed E-state index contributed by atoms with van der Waals surface area (Å²) in [4.78, 5) is 2.19. The van der Waals surface area contributed by atoms with Crippen LogP contribution < -0.4 is 10.6 Å². The molecule has 0 unspecified atom stereocenters. The summed E-state index contributed by atoms with van der Waals surface area (Å²) in [6.45, 7) is 5.31. The predicted molar refractivity (Wildman–Crippen MR) is 63.7 cm³/mol. The summed E-state index contributed by atoms with van der Waals surface area (Å²) in [5, 5.41) is 15.6. The number of nitrogens with zero attached hydrogens (tertiary/aromatic N) is 3. The van der Waals surface area contributed by atoms with E-state index in [1.54, 1.807) is 12.3 Å². The van der Waals surface area contributed by atoms with Crippen LogP contribution in [0.15, 0.2) is 12.3 Å². The van der Waals surface area contributed by atoms with Crippen molar-refractivity contribution in [2.24, 2.45) is 5.73 Å². The summed E-state index contributed by atoms with van der Waals surface area (Å²) in [5.74, 6) is 0.783. The van der Waals surface area contributed by atoms with E-state index in [0.29, 0.717) is 5.56 Å². The molecule has 0 bridgehead atoms. The van der Waals surface area contributed by atoms with Crippen molar-refractivity contribution in [3.63, 3.8) is 0 Å². The fourth-order valence-corrected chi connectivity index (χ4v) is 2.23. The van der Waals surface area contributed by atoms with Crippen LogP contribution in [0, 0.1) is 5.41 Å². The number of anilines is 1. The molecule has 86 valence electrons. The SMILES string of the molecule is CC1(C)CCCN1c1nnccc1C(=N)N. The minimum atomic E-state index is 0.0487. The maximum absolute atomic E-state index is 7.55. The third-order valence-corrected chi connectivity index (χ3v) is 3.15. The van der Waals surface area contributed by atoms with Gasteiger partial charge < -0.3 is 10.6 Å². The second-order valence-corrected chi connectivity index (χ2v) is 4.75. The summed E-state index contributed by atoms with van der Waals surface area (Å²) in [5.41, 5.74) is 6.30. The summed E-state index contributed by atoms with van der Waals surface area (Å²) in [6, 6.07) is 1.75. The maximum Gasteiger partial charge on any atom is 0.162 e. The summed E-state index contributed by atoms with van der Waals surface area (Å²) in [7, 11) is 0. The highest BCUT2D eigenvalue weighted by Crippen LogP contribution is 2.33. The van der Waals surface area contributed by atoms with Gasteiger partial charge in [-0.2, -0.15) is 5.10 Å². The minimum Gasteiger partial charge on any atom is -0.384 e.